The Labute approximate surface area is 133 Å². The number of hydrogen-bond acceptors (Lipinski definition) is 5. The van der Waals surface area contributed by atoms with Crippen molar-refractivity contribution in [1.82, 2.24) is 9.71 Å². The molecule has 0 bridgehead atoms. The van der Waals surface area contributed by atoms with Gasteiger partial charge in [0.15, 0.2) is 0 Å². The van der Waals surface area contributed by atoms with Crippen molar-refractivity contribution in [2.45, 2.75) is 24.8 Å². The number of pyridine rings is 1. The standard InChI is InChI=1S/C13H16ClN3O2S2/c1-3-15-13-12(14)6-11(7-16-13)21(18,19)17-9(2)10-4-5-20-8-10/h4-9,17H,3H2,1-2H3,(H,15,16). The second kappa shape index (κ2) is 6.74. The lowest BCUT2D eigenvalue weighted by atomic mass is 10.2. The van der Waals surface area contributed by atoms with Gasteiger partial charge in [-0.1, -0.05) is 11.6 Å². The number of rotatable bonds is 6. The molecule has 0 saturated carbocycles. The Morgan fingerprint density at radius 3 is 2.81 bits per heavy atom. The molecule has 0 aromatic carbocycles. The third-order valence-electron chi connectivity index (χ3n) is 2.85. The molecule has 0 aliphatic heterocycles. The molecular weight excluding hydrogens is 330 g/mol. The van der Waals surface area contributed by atoms with E-state index < -0.39 is 10.0 Å². The van der Waals surface area contributed by atoms with Crippen LogP contribution in [0.4, 0.5) is 5.82 Å². The van der Waals surface area contributed by atoms with E-state index in [-0.39, 0.29) is 16.0 Å². The van der Waals surface area contributed by atoms with Crippen molar-refractivity contribution < 1.29 is 8.42 Å². The van der Waals surface area contributed by atoms with Gasteiger partial charge in [-0.25, -0.2) is 18.1 Å². The molecule has 2 N–H and O–H groups in total. The maximum Gasteiger partial charge on any atom is 0.242 e. The summed E-state index contributed by atoms with van der Waals surface area (Å²) in [6.45, 7) is 4.36. The minimum Gasteiger partial charge on any atom is -0.369 e. The molecule has 2 aromatic rings. The monoisotopic (exact) mass is 345 g/mol. The first-order valence-corrected chi connectivity index (χ1v) is 9.18. The van der Waals surface area contributed by atoms with E-state index in [2.05, 4.69) is 15.0 Å². The summed E-state index contributed by atoms with van der Waals surface area (Å²) in [5.74, 6) is 0.476. The number of nitrogens with one attached hydrogen (secondary N) is 2. The molecule has 5 nitrogen and oxygen atoms in total. The molecule has 0 spiro atoms. The van der Waals surface area contributed by atoms with Crippen molar-refractivity contribution in [2.75, 3.05) is 11.9 Å². The van der Waals surface area contributed by atoms with Crippen molar-refractivity contribution in [2.24, 2.45) is 0 Å². The number of thiophene rings is 1. The number of anilines is 1. The van der Waals surface area contributed by atoms with Crippen LogP contribution in [0.5, 0.6) is 0 Å². The Bertz CT molecular complexity index is 702. The highest BCUT2D eigenvalue weighted by atomic mass is 35.5. The van der Waals surface area contributed by atoms with Crippen LogP contribution in [0.15, 0.2) is 34.0 Å². The number of sulfonamides is 1. The molecule has 0 aliphatic carbocycles. The predicted molar refractivity (Wildman–Crippen MR) is 86.5 cm³/mol. The minimum absolute atomic E-state index is 0.0521. The highest BCUT2D eigenvalue weighted by molar-refractivity contribution is 7.89. The Morgan fingerprint density at radius 2 is 2.24 bits per heavy atom. The molecule has 0 fully saturated rings. The first-order chi connectivity index (χ1) is 9.94. The van der Waals surface area contributed by atoms with Crippen molar-refractivity contribution in [3.8, 4) is 0 Å². The Balaban J connectivity index is 2.21. The van der Waals surface area contributed by atoms with Gasteiger partial charge in [-0.05, 0) is 42.3 Å². The van der Waals surface area contributed by atoms with Crippen molar-refractivity contribution in [3.63, 3.8) is 0 Å². The molecular formula is C13H16ClN3O2S2. The van der Waals surface area contributed by atoms with E-state index in [1.54, 1.807) is 6.92 Å². The summed E-state index contributed by atoms with van der Waals surface area (Å²) >= 11 is 7.56. The van der Waals surface area contributed by atoms with Gasteiger partial charge >= 0.3 is 0 Å². The average Bonchev–Trinajstić information content (AvgIpc) is 2.95. The lowest BCUT2D eigenvalue weighted by Crippen LogP contribution is -2.26. The SMILES string of the molecule is CCNc1ncc(S(=O)(=O)NC(C)c2ccsc2)cc1Cl. The minimum atomic E-state index is -3.66. The van der Waals surface area contributed by atoms with Crippen LogP contribution in [-0.4, -0.2) is 19.9 Å². The lowest BCUT2D eigenvalue weighted by molar-refractivity contribution is 0.567. The highest BCUT2D eigenvalue weighted by Gasteiger charge is 2.20. The zero-order valence-corrected chi connectivity index (χ0v) is 14.0. The summed E-state index contributed by atoms with van der Waals surface area (Å²) in [6.07, 6.45) is 1.30. The number of halogens is 1. The molecule has 2 rings (SSSR count). The van der Waals surface area contributed by atoms with Crippen LogP contribution in [0.25, 0.3) is 0 Å². The van der Waals surface area contributed by atoms with E-state index in [4.69, 9.17) is 11.6 Å². The van der Waals surface area contributed by atoms with E-state index in [1.807, 2.05) is 23.8 Å². The maximum atomic E-state index is 12.3. The Kier molecular flexibility index (Phi) is 5.21. The normalized spacial score (nSPS) is 13.1. The fraction of sp³-hybridized carbons (Fsp3) is 0.308. The molecule has 0 radical (unpaired) electrons. The van der Waals surface area contributed by atoms with Crippen LogP contribution in [0.1, 0.15) is 25.5 Å². The van der Waals surface area contributed by atoms with Gasteiger partial charge in [-0.3, -0.25) is 0 Å². The zero-order chi connectivity index (χ0) is 15.5. The Hall–Kier alpha value is -1.15. The van der Waals surface area contributed by atoms with Crippen LogP contribution < -0.4 is 10.0 Å². The summed E-state index contributed by atoms with van der Waals surface area (Å²) < 4.78 is 27.3. The van der Waals surface area contributed by atoms with E-state index in [0.29, 0.717) is 12.4 Å². The third kappa shape index (κ3) is 3.94. The molecule has 0 saturated heterocycles. The van der Waals surface area contributed by atoms with E-state index >= 15 is 0 Å². The summed E-state index contributed by atoms with van der Waals surface area (Å²) in [5.41, 5.74) is 0.923. The maximum absolute atomic E-state index is 12.3. The molecule has 1 atom stereocenters. The van der Waals surface area contributed by atoms with Gasteiger partial charge in [-0.2, -0.15) is 11.3 Å². The molecule has 1 unspecified atom stereocenters. The fourth-order valence-corrected chi connectivity index (χ4v) is 4.01. The van der Waals surface area contributed by atoms with Gasteiger partial charge in [0.1, 0.15) is 10.7 Å². The highest BCUT2D eigenvalue weighted by Crippen LogP contribution is 2.24. The number of nitrogens with zero attached hydrogens (tertiary/aromatic N) is 1. The summed E-state index contributed by atoms with van der Waals surface area (Å²) in [7, 11) is -3.66. The third-order valence-corrected chi connectivity index (χ3v) is 5.34. The van der Waals surface area contributed by atoms with Crippen molar-refractivity contribution in [1.29, 1.82) is 0 Å². The van der Waals surface area contributed by atoms with E-state index in [0.717, 1.165) is 5.56 Å². The smallest absolute Gasteiger partial charge is 0.242 e. The van der Waals surface area contributed by atoms with Crippen molar-refractivity contribution in [3.05, 3.63) is 39.7 Å². The Morgan fingerprint density at radius 1 is 1.48 bits per heavy atom. The lowest BCUT2D eigenvalue weighted by Gasteiger charge is -2.14. The van der Waals surface area contributed by atoms with E-state index in [1.165, 1.54) is 23.6 Å². The first kappa shape index (κ1) is 16.2. The van der Waals surface area contributed by atoms with Crippen LogP contribution in [0.2, 0.25) is 5.02 Å². The van der Waals surface area contributed by atoms with Gasteiger partial charge in [0.2, 0.25) is 10.0 Å². The quantitative estimate of drug-likeness (QED) is 0.842. The van der Waals surface area contributed by atoms with Crippen LogP contribution in [0, 0.1) is 0 Å². The molecule has 0 amide bonds. The van der Waals surface area contributed by atoms with Crippen LogP contribution in [0.3, 0.4) is 0 Å². The van der Waals surface area contributed by atoms with Gasteiger partial charge in [0.25, 0.3) is 0 Å². The second-order valence-electron chi connectivity index (χ2n) is 4.43. The van der Waals surface area contributed by atoms with Gasteiger partial charge in [0.05, 0.1) is 5.02 Å². The average molecular weight is 346 g/mol. The molecule has 21 heavy (non-hydrogen) atoms. The molecule has 2 heterocycles. The largest absolute Gasteiger partial charge is 0.369 e. The first-order valence-electron chi connectivity index (χ1n) is 6.38. The molecule has 2 aromatic heterocycles. The van der Waals surface area contributed by atoms with Gasteiger partial charge < -0.3 is 5.32 Å². The summed E-state index contributed by atoms with van der Waals surface area (Å²) in [4.78, 5) is 4.10. The number of aromatic nitrogens is 1. The molecule has 8 heteroatoms. The van der Waals surface area contributed by atoms with E-state index in [9.17, 15) is 8.42 Å². The van der Waals surface area contributed by atoms with Crippen LogP contribution in [-0.2, 0) is 10.0 Å². The summed E-state index contributed by atoms with van der Waals surface area (Å²) in [6, 6.07) is 2.97. The van der Waals surface area contributed by atoms with Crippen LogP contribution >= 0.6 is 22.9 Å². The molecule has 0 aliphatic rings. The van der Waals surface area contributed by atoms with Gasteiger partial charge in [0, 0.05) is 18.8 Å². The number of hydrogen-bond donors (Lipinski definition) is 2. The van der Waals surface area contributed by atoms with Crippen molar-refractivity contribution >= 4 is 38.8 Å². The second-order valence-corrected chi connectivity index (χ2v) is 7.33. The predicted octanol–water partition coefficient (Wildman–Crippen LogP) is 3.27. The summed E-state index contributed by atoms with van der Waals surface area (Å²) in [5, 5.41) is 7.06. The molecule has 114 valence electrons. The van der Waals surface area contributed by atoms with Gasteiger partial charge in [-0.15, -0.1) is 0 Å². The topological polar surface area (TPSA) is 71.1 Å². The zero-order valence-electron chi connectivity index (χ0n) is 11.6. The fourth-order valence-electron chi connectivity index (χ4n) is 1.76.